The Balaban J connectivity index is 1.88. The summed E-state index contributed by atoms with van der Waals surface area (Å²) in [6, 6.07) is 4.33. The van der Waals surface area contributed by atoms with E-state index < -0.39 is 11.6 Å². The summed E-state index contributed by atoms with van der Waals surface area (Å²) < 4.78 is 26.8. The number of rotatable bonds is 6. The molecule has 1 fully saturated rings. The van der Waals surface area contributed by atoms with E-state index in [0.29, 0.717) is 18.5 Å². The van der Waals surface area contributed by atoms with E-state index in [1.807, 2.05) is 13.8 Å². The third kappa shape index (κ3) is 3.33. The quantitative estimate of drug-likeness (QED) is 0.839. The van der Waals surface area contributed by atoms with Gasteiger partial charge in [-0.25, -0.2) is 8.78 Å². The van der Waals surface area contributed by atoms with Crippen LogP contribution in [-0.2, 0) is 4.79 Å². The lowest BCUT2D eigenvalue weighted by Gasteiger charge is -2.13. The lowest BCUT2D eigenvalue weighted by Crippen LogP contribution is -2.39. The zero-order chi connectivity index (χ0) is 14.7. The van der Waals surface area contributed by atoms with Crippen LogP contribution in [0, 0.1) is 17.6 Å². The van der Waals surface area contributed by atoms with Crippen molar-refractivity contribution in [1.29, 1.82) is 0 Å². The second-order valence-electron chi connectivity index (χ2n) is 5.30. The Morgan fingerprint density at radius 2 is 2.20 bits per heavy atom. The molecule has 110 valence electrons. The molecule has 1 aliphatic rings. The first-order valence-corrected chi connectivity index (χ1v) is 6.99. The fourth-order valence-electron chi connectivity index (χ4n) is 2.44. The van der Waals surface area contributed by atoms with E-state index in [0.717, 1.165) is 12.6 Å². The van der Waals surface area contributed by atoms with Crippen LogP contribution in [0.2, 0.25) is 0 Å². The molecule has 0 heterocycles. The molecule has 5 heteroatoms. The minimum absolute atomic E-state index is 0.0802. The zero-order valence-corrected chi connectivity index (χ0v) is 11.7. The average molecular weight is 282 g/mol. The number of carbonyl (C=O) groups is 1. The van der Waals surface area contributed by atoms with E-state index in [-0.39, 0.29) is 23.8 Å². The summed E-state index contributed by atoms with van der Waals surface area (Å²) in [5.74, 6) is -2.19. The number of benzene rings is 1. The van der Waals surface area contributed by atoms with Gasteiger partial charge >= 0.3 is 0 Å². The highest BCUT2D eigenvalue weighted by Crippen LogP contribution is 2.48. The molecule has 20 heavy (non-hydrogen) atoms. The number of nitrogens with one attached hydrogen (secondary N) is 2. The molecule has 2 rings (SSSR count). The molecule has 0 aliphatic heterocycles. The second kappa shape index (κ2) is 6.31. The summed E-state index contributed by atoms with van der Waals surface area (Å²) in [5, 5.41) is 6.04. The first kappa shape index (κ1) is 14.9. The van der Waals surface area contributed by atoms with Crippen molar-refractivity contribution in [2.75, 3.05) is 13.1 Å². The van der Waals surface area contributed by atoms with Crippen molar-refractivity contribution >= 4 is 5.91 Å². The van der Waals surface area contributed by atoms with Crippen LogP contribution < -0.4 is 10.6 Å². The lowest BCUT2D eigenvalue weighted by atomic mass is 10.1. The molecule has 0 radical (unpaired) electrons. The van der Waals surface area contributed by atoms with Crippen LogP contribution in [-0.4, -0.2) is 25.0 Å². The largest absolute Gasteiger partial charge is 0.354 e. The second-order valence-corrected chi connectivity index (χ2v) is 5.30. The molecule has 0 saturated heterocycles. The van der Waals surface area contributed by atoms with Gasteiger partial charge in [-0.2, -0.15) is 0 Å². The monoisotopic (exact) mass is 282 g/mol. The highest BCUT2D eigenvalue weighted by molar-refractivity contribution is 5.82. The molecule has 1 aliphatic carbocycles. The highest BCUT2D eigenvalue weighted by Gasteiger charge is 2.45. The van der Waals surface area contributed by atoms with Crippen LogP contribution in [0.3, 0.4) is 0 Å². The molecule has 3 nitrogen and oxygen atoms in total. The predicted octanol–water partition coefficient (Wildman–Crippen LogP) is 2.18. The number of hydrogen-bond acceptors (Lipinski definition) is 2. The van der Waals surface area contributed by atoms with Crippen molar-refractivity contribution in [3.63, 3.8) is 0 Å². The van der Waals surface area contributed by atoms with E-state index in [2.05, 4.69) is 10.6 Å². The summed E-state index contributed by atoms with van der Waals surface area (Å²) in [7, 11) is 0. The molecule has 2 unspecified atom stereocenters. The van der Waals surface area contributed by atoms with Gasteiger partial charge < -0.3 is 10.6 Å². The van der Waals surface area contributed by atoms with Gasteiger partial charge in [-0.3, -0.25) is 4.79 Å². The van der Waals surface area contributed by atoms with Crippen LogP contribution >= 0.6 is 0 Å². The average Bonchev–Trinajstić information content (AvgIpc) is 3.20. The normalized spacial score (nSPS) is 22.4. The number of hydrogen-bond donors (Lipinski definition) is 2. The molecule has 1 aromatic carbocycles. The third-order valence-corrected chi connectivity index (χ3v) is 3.64. The standard InChI is InChI=1S/C15H20F2N2O/c1-3-18-9(2)8-19-15(20)12-7-11(12)10-5-4-6-13(16)14(10)17/h4-6,9,11-12,18H,3,7-8H2,1-2H3,(H,19,20)/t9-,11?,12?/m1/s1. The summed E-state index contributed by atoms with van der Waals surface area (Å²) >= 11 is 0. The molecular weight excluding hydrogens is 262 g/mol. The molecular formula is C15H20F2N2O. The molecule has 1 aromatic rings. The maximum absolute atomic E-state index is 13.6. The SMILES string of the molecule is CCN[C@H](C)CNC(=O)C1CC1c1cccc(F)c1F. The van der Waals surface area contributed by atoms with Crippen LogP contribution in [0.25, 0.3) is 0 Å². The number of halogens is 2. The smallest absolute Gasteiger partial charge is 0.223 e. The minimum Gasteiger partial charge on any atom is -0.354 e. The van der Waals surface area contributed by atoms with Crippen LogP contribution in [0.5, 0.6) is 0 Å². The number of carbonyl (C=O) groups excluding carboxylic acids is 1. The summed E-state index contributed by atoms with van der Waals surface area (Å²) in [4.78, 5) is 11.9. The highest BCUT2D eigenvalue weighted by atomic mass is 19.2. The Bertz CT molecular complexity index is 493. The molecule has 0 spiro atoms. The maximum atomic E-state index is 13.6. The van der Waals surface area contributed by atoms with Crippen molar-refractivity contribution in [2.45, 2.75) is 32.2 Å². The van der Waals surface area contributed by atoms with Gasteiger partial charge in [-0.1, -0.05) is 19.1 Å². The van der Waals surface area contributed by atoms with Gasteiger partial charge in [-0.05, 0) is 37.4 Å². The van der Waals surface area contributed by atoms with E-state index in [1.54, 1.807) is 6.07 Å². The fraction of sp³-hybridized carbons (Fsp3) is 0.533. The Kier molecular flexibility index (Phi) is 4.70. The molecule has 0 aromatic heterocycles. The van der Waals surface area contributed by atoms with E-state index in [1.165, 1.54) is 6.07 Å². The maximum Gasteiger partial charge on any atom is 0.223 e. The first-order chi connectivity index (χ1) is 9.54. The fourth-order valence-corrected chi connectivity index (χ4v) is 2.44. The van der Waals surface area contributed by atoms with Crippen molar-refractivity contribution in [3.8, 4) is 0 Å². The van der Waals surface area contributed by atoms with Gasteiger partial charge in [0, 0.05) is 18.5 Å². The van der Waals surface area contributed by atoms with E-state index in [4.69, 9.17) is 0 Å². The summed E-state index contributed by atoms with van der Waals surface area (Å²) in [5.41, 5.74) is 0.310. The van der Waals surface area contributed by atoms with Gasteiger partial charge in [0.15, 0.2) is 11.6 Å². The summed E-state index contributed by atoms with van der Waals surface area (Å²) in [6.45, 7) is 5.38. The number of amides is 1. The molecule has 1 amide bonds. The van der Waals surface area contributed by atoms with Crippen molar-refractivity contribution in [2.24, 2.45) is 5.92 Å². The number of likely N-dealkylation sites (N-methyl/N-ethyl adjacent to an activating group) is 1. The van der Waals surface area contributed by atoms with Gasteiger partial charge in [0.05, 0.1) is 0 Å². The van der Waals surface area contributed by atoms with Gasteiger partial charge in [-0.15, -0.1) is 0 Å². The minimum atomic E-state index is -0.852. The van der Waals surface area contributed by atoms with Gasteiger partial charge in [0.2, 0.25) is 5.91 Å². The lowest BCUT2D eigenvalue weighted by molar-refractivity contribution is -0.122. The topological polar surface area (TPSA) is 41.1 Å². The third-order valence-electron chi connectivity index (χ3n) is 3.64. The van der Waals surface area contributed by atoms with Crippen molar-refractivity contribution in [3.05, 3.63) is 35.4 Å². The predicted molar refractivity (Wildman–Crippen MR) is 73.4 cm³/mol. The first-order valence-electron chi connectivity index (χ1n) is 6.99. The Morgan fingerprint density at radius 1 is 1.45 bits per heavy atom. The molecule has 1 saturated carbocycles. The van der Waals surface area contributed by atoms with Crippen molar-refractivity contribution in [1.82, 2.24) is 10.6 Å². The van der Waals surface area contributed by atoms with E-state index in [9.17, 15) is 13.6 Å². The Labute approximate surface area is 117 Å². The van der Waals surface area contributed by atoms with Crippen LogP contribution in [0.1, 0.15) is 31.7 Å². The van der Waals surface area contributed by atoms with Crippen LogP contribution in [0.15, 0.2) is 18.2 Å². The Hall–Kier alpha value is -1.49. The zero-order valence-electron chi connectivity index (χ0n) is 11.7. The van der Waals surface area contributed by atoms with Gasteiger partial charge in [0.1, 0.15) is 0 Å². The molecule has 0 bridgehead atoms. The summed E-state index contributed by atoms with van der Waals surface area (Å²) in [6.07, 6.45) is 0.585. The molecule has 2 N–H and O–H groups in total. The molecule has 3 atom stereocenters. The van der Waals surface area contributed by atoms with Gasteiger partial charge in [0.25, 0.3) is 0 Å². The Morgan fingerprint density at radius 3 is 2.90 bits per heavy atom. The van der Waals surface area contributed by atoms with Crippen LogP contribution in [0.4, 0.5) is 8.78 Å². The van der Waals surface area contributed by atoms with Crippen molar-refractivity contribution < 1.29 is 13.6 Å². The van der Waals surface area contributed by atoms with E-state index >= 15 is 0 Å².